The molecule has 0 aromatic heterocycles. The lowest BCUT2D eigenvalue weighted by Crippen LogP contribution is -1.97. The van der Waals surface area contributed by atoms with Crippen LogP contribution in [-0.4, -0.2) is 7.11 Å². The van der Waals surface area contributed by atoms with Crippen LogP contribution in [0.25, 0.3) is 0 Å². The summed E-state index contributed by atoms with van der Waals surface area (Å²) in [6, 6.07) is 14.1. The number of halogens is 1. The Hall–Kier alpha value is -1.51. The van der Waals surface area contributed by atoms with E-state index in [1.54, 1.807) is 7.11 Å². The maximum atomic E-state index is 6.11. The Kier molecular flexibility index (Phi) is 4.24. The Morgan fingerprint density at radius 3 is 2.44 bits per heavy atom. The van der Waals surface area contributed by atoms with Crippen molar-refractivity contribution in [3.63, 3.8) is 0 Å². The number of rotatable bonds is 4. The standard InChI is InChI=1S/C15H16ClNO/c1-18-15-6-5-12(9-14(15)16)7-11-3-2-4-13(8-11)10-17/h2-6,8-9H,7,10,17H2,1H3. The van der Waals surface area contributed by atoms with Crippen LogP contribution >= 0.6 is 11.6 Å². The summed E-state index contributed by atoms with van der Waals surface area (Å²) in [4.78, 5) is 0. The first-order valence-electron chi connectivity index (χ1n) is 5.83. The minimum atomic E-state index is 0.567. The molecule has 2 nitrogen and oxygen atoms in total. The first-order valence-corrected chi connectivity index (χ1v) is 6.21. The van der Waals surface area contributed by atoms with Gasteiger partial charge in [0.1, 0.15) is 5.75 Å². The lowest BCUT2D eigenvalue weighted by Gasteiger charge is -2.07. The van der Waals surface area contributed by atoms with Gasteiger partial charge in [0, 0.05) is 6.54 Å². The molecule has 2 aromatic carbocycles. The van der Waals surface area contributed by atoms with Gasteiger partial charge in [0.05, 0.1) is 12.1 Å². The van der Waals surface area contributed by atoms with Gasteiger partial charge in [-0.2, -0.15) is 0 Å². The Morgan fingerprint density at radius 2 is 1.78 bits per heavy atom. The van der Waals surface area contributed by atoms with E-state index in [9.17, 15) is 0 Å². The Morgan fingerprint density at radius 1 is 1.06 bits per heavy atom. The van der Waals surface area contributed by atoms with E-state index in [-0.39, 0.29) is 0 Å². The maximum Gasteiger partial charge on any atom is 0.137 e. The van der Waals surface area contributed by atoms with Gasteiger partial charge in [-0.15, -0.1) is 0 Å². The predicted octanol–water partition coefficient (Wildman–Crippen LogP) is 3.40. The monoisotopic (exact) mass is 261 g/mol. The summed E-state index contributed by atoms with van der Waals surface area (Å²) in [6.45, 7) is 0.567. The molecular weight excluding hydrogens is 246 g/mol. The van der Waals surface area contributed by atoms with E-state index in [0.29, 0.717) is 17.3 Å². The predicted molar refractivity (Wildman–Crippen MR) is 75.1 cm³/mol. The van der Waals surface area contributed by atoms with Crippen LogP contribution in [0.4, 0.5) is 0 Å². The second kappa shape index (κ2) is 5.89. The van der Waals surface area contributed by atoms with Crippen molar-refractivity contribution in [3.05, 3.63) is 64.2 Å². The second-order valence-electron chi connectivity index (χ2n) is 4.17. The molecule has 94 valence electrons. The fourth-order valence-corrected chi connectivity index (χ4v) is 2.20. The fourth-order valence-electron chi connectivity index (χ4n) is 1.92. The molecule has 0 radical (unpaired) electrons. The van der Waals surface area contributed by atoms with E-state index < -0.39 is 0 Å². The van der Waals surface area contributed by atoms with Gasteiger partial charge in [-0.3, -0.25) is 0 Å². The summed E-state index contributed by atoms with van der Waals surface area (Å²) in [5.41, 5.74) is 9.18. The summed E-state index contributed by atoms with van der Waals surface area (Å²) >= 11 is 6.11. The fraction of sp³-hybridized carbons (Fsp3) is 0.200. The van der Waals surface area contributed by atoms with Crippen molar-refractivity contribution in [2.45, 2.75) is 13.0 Å². The van der Waals surface area contributed by atoms with Gasteiger partial charge in [0.15, 0.2) is 0 Å². The van der Waals surface area contributed by atoms with Crippen LogP contribution in [0.15, 0.2) is 42.5 Å². The number of nitrogens with two attached hydrogens (primary N) is 1. The van der Waals surface area contributed by atoms with E-state index in [1.807, 2.05) is 30.3 Å². The van der Waals surface area contributed by atoms with Gasteiger partial charge in [0.25, 0.3) is 0 Å². The van der Waals surface area contributed by atoms with Crippen molar-refractivity contribution in [2.24, 2.45) is 5.73 Å². The molecule has 0 heterocycles. The molecule has 0 unspecified atom stereocenters. The SMILES string of the molecule is COc1ccc(Cc2cccc(CN)c2)cc1Cl. The molecule has 0 spiro atoms. The third kappa shape index (κ3) is 3.03. The highest BCUT2D eigenvalue weighted by Crippen LogP contribution is 2.26. The molecule has 0 amide bonds. The molecule has 0 saturated carbocycles. The number of ether oxygens (including phenoxy) is 1. The number of hydrogen-bond donors (Lipinski definition) is 1. The molecule has 0 aliphatic rings. The van der Waals surface area contributed by atoms with Crippen LogP contribution in [0, 0.1) is 0 Å². The lowest BCUT2D eigenvalue weighted by molar-refractivity contribution is 0.415. The zero-order valence-corrected chi connectivity index (χ0v) is 11.1. The van der Waals surface area contributed by atoms with Crippen molar-refractivity contribution in [1.29, 1.82) is 0 Å². The van der Waals surface area contributed by atoms with Crippen LogP contribution in [0.5, 0.6) is 5.75 Å². The Labute approximate surface area is 112 Å². The van der Waals surface area contributed by atoms with Crippen molar-refractivity contribution < 1.29 is 4.74 Å². The first kappa shape index (κ1) is 12.9. The molecule has 18 heavy (non-hydrogen) atoms. The van der Waals surface area contributed by atoms with E-state index in [0.717, 1.165) is 17.5 Å². The van der Waals surface area contributed by atoms with Gasteiger partial charge in [-0.1, -0.05) is 41.9 Å². The molecule has 0 atom stereocenters. The van der Waals surface area contributed by atoms with Crippen LogP contribution < -0.4 is 10.5 Å². The second-order valence-corrected chi connectivity index (χ2v) is 4.58. The molecule has 0 aliphatic carbocycles. The van der Waals surface area contributed by atoms with E-state index in [4.69, 9.17) is 22.1 Å². The highest BCUT2D eigenvalue weighted by atomic mass is 35.5. The lowest BCUT2D eigenvalue weighted by atomic mass is 10.0. The van der Waals surface area contributed by atoms with Gasteiger partial charge in [-0.05, 0) is 35.2 Å². The highest BCUT2D eigenvalue weighted by Gasteiger charge is 2.03. The zero-order chi connectivity index (χ0) is 13.0. The van der Waals surface area contributed by atoms with Gasteiger partial charge < -0.3 is 10.5 Å². The minimum Gasteiger partial charge on any atom is -0.495 e. The summed E-state index contributed by atoms with van der Waals surface area (Å²) in [5, 5.41) is 0.643. The zero-order valence-electron chi connectivity index (χ0n) is 10.3. The minimum absolute atomic E-state index is 0.567. The average molecular weight is 262 g/mol. The number of benzene rings is 2. The van der Waals surface area contributed by atoms with Gasteiger partial charge in [-0.25, -0.2) is 0 Å². The van der Waals surface area contributed by atoms with Crippen LogP contribution in [0.1, 0.15) is 16.7 Å². The molecule has 0 aliphatic heterocycles. The summed E-state index contributed by atoms with van der Waals surface area (Å²) in [7, 11) is 1.62. The molecule has 2 aromatic rings. The summed E-state index contributed by atoms with van der Waals surface area (Å²) in [5.74, 6) is 0.705. The van der Waals surface area contributed by atoms with Crippen molar-refractivity contribution in [2.75, 3.05) is 7.11 Å². The summed E-state index contributed by atoms with van der Waals surface area (Å²) in [6.07, 6.45) is 0.845. The molecular formula is C15H16ClNO. The molecule has 0 bridgehead atoms. The Balaban J connectivity index is 2.20. The van der Waals surface area contributed by atoms with E-state index in [1.165, 1.54) is 5.56 Å². The summed E-state index contributed by atoms with van der Waals surface area (Å²) < 4.78 is 5.14. The van der Waals surface area contributed by atoms with E-state index >= 15 is 0 Å². The molecule has 3 heteroatoms. The normalized spacial score (nSPS) is 10.4. The number of hydrogen-bond acceptors (Lipinski definition) is 2. The molecule has 2 rings (SSSR count). The molecule has 2 N–H and O–H groups in total. The van der Waals surface area contributed by atoms with Gasteiger partial charge in [0.2, 0.25) is 0 Å². The maximum absolute atomic E-state index is 6.11. The highest BCUT2D eigenvalue weighted by molar-refractivity contribution is 6.32. The van der Waals surface area contributed by atoms with E-state index in [2.05, 4.69) is 12.1 Å². The van der Waals surface area contributed by atoms with Crippen molar-refractivity contribution in [1.82, 2.24) is 0 Å². The number of methoxy groups -OCH3 is 1. The smallest absolute Gasteiger partial charge is 0.137 e. The van der Waals surface area contributed by atoms with Crippen LogP contribution in [-0.2, 0) is 13.0 Å². The van der Waals surface area contributed by atoms with Gasteiger partial charge >= 0.3 is 0 Å². The quantitative estimate of drug-likeness (QED) is 0.916. The Bertz CT molecular complexity index is 540. The largest absolute Gasteiger partial charge is 0.495 e. The topological polar surface area (TPSA) is 35.2 Å². The first-order chi connectivity index (χ1) is 8.72. The third-order valence-electron chi connectivity index (χ3n) is 2.85. The van der Waals surface area contributed by atoms with Crippen molar-refractivity contribution >= 4 is 11.6 Å². The molecule has 0 fully saturated rings. The third-order valence-corrected chi connectivity index (χ3v) is 3.15. The van der Waals surface area contributed by atoms with Crippen LogP contribution in [0.2, 0.25) is 5.02 Å². The molecule has 0 saturated heterocycles. The average Bonchev–Trinajstić information content (AvgIpc) is 2.39. The van der Waals surface area contributed by atoms with Crippen LogP contribution in [0.3, 0.4) is 0 Å². The van der Waals surface area contributed by atoms with Crippen molar-refractivity contribution in [3.8, 4) is 5.75 Å².